The Labute approximate surface area is 97.9 Å². The Morgan fingerprint density at radius 1 is 1.19 bits per heavy atom. The van der Waals surface area contributed by atoms with Gasteiger partial charge in [0, 0.05) is 18.5 Å². The number of nitrogens with two attached hydrogens (primary N) is 1. The third-order valence-corrected chi connectivity index (χ3v) is 2.53. The first kappa shape index (κ1) is 12.8. The summed E-state index contributed by atoms with van der Waals surface area (Å²) in [6.45, 7) is 6.47. The van der Waals surface area contributed by atoms with Crippen LogP contribution in [0.2, 0.25) is 0 Å². The third kappa shape index (κ3) is 4.96. The van der Waals surface area contributed by atoms with Gasteiger partial charge in [0.25, 0.3) is 0 Å². The van der Waals surface area contributed by atoms with Crippen LogP contribution in [0.15, 0.2) is 24.3 Å². The second-order valence-electron chi connectivity index (χ2n) is 5.52. The molecule has 2 heteroatoms. The fourth-order valence-corrected chi connectivity index (χ4v) is 1.47. The summed E-state index contributed by atoms with van der Waals surface area (Å²) in [6, 6.07) is 7.52. The molecule has 2 nitrogen and oxygen atoms in total. The maximum absolute atomic E-state index is 11.7. The minimum atomic E-state index is 0.233. The van der Waals surface area contributed by atoms with Gasteiger partial charge >= 0.3 is 0 Å². The number of ketones is 1. The van der Waals surface area contributed by atoms with Crippen molar-refractivity contribution in [3.05, 3.63) is 29.8 Å². The molecule has 88 valence electrons. The van der Waals surface area contributed by atoms with E-state index < -0.39 is 0 Å². The van der Waals surface area contributed by atoms with Gasteiger partial charge in [0.05, 0.1) is 0 Å². The number of carbonyl (C=O) groups is 1. The highest BCUT2D eigenvalue weighted by Crippen LogP contribution is 2.21. The molecule has 1 rings (SSSR count). The van der Waals surface area contributed by atoms with E-state index in [4.69, 9.17) is 5.73 Å². The minimum Gasteiger partial charge on any atom is -0.399 e. The van der Waals surface area contributed by atoms with E-state index in [1.807, 2.05) is 24.3 Å². The highest BCUT2D eigenvalue weighted by atomic mass is 16.1. The Kier molecular flexibility index (Phi) is 4.11. The fourth-order valence-electron chi connectivity index (χ4n) is 1.47. The second kappa shape index (κ2) is 5.15. The van der Waals surface area contributed by atoms with Crippen molar-refractivity contribution in [1.29, 1.82) is 0 Å². The zero-order valence-electron chi connectivity index (χ0n) is 10.4. The van der Waals surface area contributed by atoms with E-state index in [1.165, 1.54) is 0 Å². The topological polar surface area (TPSA) is 43.1 Å². The minimum absolute atomic E-state index is 0.233. The van der Waals surface area contributed by atoms with Crippen molar-refractivity contribution in [2.45, 2.75) is 40.0 Å². The van der Waals surface area contributed by atoms with Crippen LogP contribution in [-0.4, -0.2) is 5.78 Å². The number of carbonyl (C=O) groups excluding carboxylic acids is 1. The lowest BCUT2D eigenvalue weighted by atomic mass is 9.89. The molecule has 1 aromatic carbocycles. The Morgan fingerprint density at radius 2 is 1.75 bits per heavy atom. The van der Waals surface area contributed by atoms with Crippen LogP contribution < -0.4 is 5.73 Å². The summed E-state index contributed by atoms with van der Waals surface area (Å²) in [4.78, 5) is 11.7. The molecule has 0 amide bonds. The van der Waals surface area contributed by atoms with Crippen LogP contribution in [0.25, 0.3) is 0 Å². The molecule has 0 aromatic heterocycles. The predicted molar refractivity (Wildman–Crippen MR) is 68.3 cm³/mol. The highest BCUT2D eigenvalue weighted by molar-refractivity contribution is 5.80. The van der Waals surface area contributed by atoms with E-state index in [-0.39, 0.29) is 5.41 Å². The average molecular weight is 219 g/mol. The largest absolute Gasteiger partial charge is 0.399 e. The van der Waals surface area contributed by atoms with Crippen molar-refractivity contribution >= 4 is 11.5 Å². The van der Waals surface area contributed by atoms with Gasteiger partial charge in [-0.05, 0) is 29.5 Å². The van der Waals surface area contributed by atoms with Crippen LogP contribution in [0.1, 0.15) is 39.2 Å². The summed E-state index contributed by atoms with van der Waals surface area (Å²) in [6.07, 6.45) is 2.13. The molecule has 0 aliphatic rings. The number of Topliss-reactive ketones (excluding diaryl/α,β-unsaturated/α-hetero) is 1. The van der Waals surface area contributed by atoms with Crippen molar-refractivity contribution in [1.82, 2.24) is 0 Å². The smallest absolute Gasteiger partial charge is 0.137 e. The van der Waals surface area contributed by atoms with Gasteiger partial charge in [0.15, 0.2) is 0 Å². The molecule has 0 unspecified atom stereocenters. The lowest BCUT2D eigenvalue weighted by Crippen LogP contribution is -2.10. The summed E-state index contributed by atoms with van der Waals surface area (Å²) >= 11 is 0. The number of nitrogen functional groups attached to an aromatic ring is 1. The van der Waals surface area contributed by atoms with Crippen LogP contribution in [-0.2, 0) is 11.2 Å². The quantitative estimate of drug-likeness (QED) is 0.790. The molecule has 2 N–H and O–H groups in total. The molecule has 0 radical (unpaired) electrons. The monoisotopic (exact) mass is 219 g/mol. The van der Waals surface area contributed by atoms with Crippen LogP contribution >= 0.6 is 0 Å². The molecule has 1 aromatic rings. The molecule has 0 aliphatic heterocycles. The molecule has 0 saturated heterocycles. The summed E-state index contributed by atoms with van der Waals surface area (Å²) < 4.78 is 0. The number of hydrogen-bond acceptors (Lipinski definition) is 2. The fraction of sp³-hybridized carbons (Fsp3) is 0.500. The van der Waals surface area contributed by atoms with E-state index in [2.05, 4.69) is 20.8 Å². The molecule has 0 fully saturated rings. The zero-order valence-corrected chi connectivity index (χ0v) is 10.4. The Morgan fingerprint density at radius 3 is 2.25 bits per heavy atom. The Balaban J connectivity index is 2.43. The molecular formula is C14H21NO. The second-order valence-corrected chi connectivity index (χ2v) is 5.52. The highest BCUT2D eigenvalue weighted by Gasteiger charge is 2.13. The van der Waals surface area contributed by atoms with Crippen molar-refractivity contribution in [3.63, 3.8) is 0 Å². The molecule has 0 saturated carbocycles. The Bertz CT molecular complexity index is 346. The first-order valence-electron chi connectivity index (χ1n) is 5.73. The van der Waals surface area contributed by atoms with Gasteiger partial charge in [-0.1, -0.05) is 32.9 Å². The summed E-state index contributed by atoms with van der Waals surface area (Å²) in [5.41, 5.74) is 7.61. The maximum atomic E-state index is 11.7. The number of rotatable bonds is 4. The van der Waals surface area contributed by atoms with Gasteiger partial charge in [-0.25, -0.2) is 0 Å². The lowest BCUT2D eigenvalue weighted by molar-refractivity contribution is -0.118. The van der Waals surface area contributed by atoms with Crippen LogP contribution in [0.5, 0.6) is 0 Å². The van der Waals surface area contributed by atoms with Gasteiger partial charge < -0.3 is 5.73 Å². The molecule has 16 heavy (non-hydrogen) atoms. The Hall–Kier alpha value is -1.31. The molecular weight excluding hydrogens is 198 g/mol. The van der Waals surface area contributed by atoms with Gasteiger partial charge in [-0.15, -0.1) is 0 Å². The predicted octanol–water partition coefficient (Wildman–Crippen LogP) is 3.21. The van der Waals surface area contributed by atoms with Crippen LogP contribution in [0, 0.1) is 5.41 Å². The standard InChI is InChI=1S/C14H21NO/c1-14(2,3)9-8-13(16)10-11-4-6-12(15)7-5-11/h4-7H,8-10,15H2,1-3H3. The van der Waals surface area contributed by atoms with E-state index in [9.17, 15) is 4.79 Å². The van der Waals surface area contributed by atoms with Crippen LogP contribution in [0.3, 0.4) is 0 Å². The molecule has 0 spiro atoms. The number of hydrogen-bond donors (Lipinski definition) is 1. The van der Waals surface area contributed by atoms with Gasteiger partial charge in [-0.2, -0.15) is 0 Å². The SMILES string of the molecule is CC(C)(C)CCC(=O)Cc1ccc(N)cc1. The van der Waals surface area contributed by atoms with Crippen molar-refractivity contribution < 1.29 is 4.79 Å². The summed E-state index contributed by atoms with van der Waals surface area (Å²) in [5.74, 6) is 0.305. The van der Waals surface area contributed by atoms with Gasteiger partial charge in [0.1, 0.15) is 5.78 Å². The molecule has 0 heterocycles. The summed E-state index contributed by atoms with van der Waals surface area (Å²) in [5, 5.41) is 0. The average Bonchev–Trinajstić information content (AvgIpc) is 2.18. The van der Waals surface area contributed by atoms with E-state index >= 15 is 0 Å². The zero-order chi connectivity index (χ0) is 12.2. The molecule has 0 aliphatic carbocycles. The third-order valence-electron chi connectivity index (χ3n) is 2.53. The number of benzene rings is 1. The van der Waals surface area contributed by atoms with Gasteiger partial charge in [-0.3, -0.25) is 4.79 Å². The molecule has 0 atom stereocenters. The van der Waals surface area contributed by atoms with E-state index in [1.54, 1.807) is 0 Å². The first-order valence-corrected chi connectivity index (χ1v) is 5.73. The molecule has 0 bridgehead atoms. The van der Waals surface area contributed by atoms with E-state index in [0.717, 1.165) is 17.7 Å². The van der Waals surface area contributed by atoms with Crippen molar-refractivity contribution in [2.75, 3.05) is 5.73 Å². The lowest BCUT2D eigenvalue weighted by Gasteiger charge is -2.16. The van der Waals surface area contributed by atoms with Crippen molar-refractivity contribution in [2.24, 2.45) is 5.41 Å². The van der Waals surface area contributed by atoms with Crippen LogP contribution in [0.4, 0.5) is 5.69 Å². The summed E-state index contributed by atoms with van der Waals surface area (Å²) in [7, 11) is 0. The van der Waals surface area contributed by atoms with Gasteiger partial charge in [0.2, 0.25) is 0 Å². The van der Waals surface area contributed by atoms with Crippen molar-refractivity contribution in [3.8, 4) is 0 Å². The normalized spacial score (nSPS) is 11.4. The first-order chi connectivity index (χ1) is 7.37. The van der Waals surface area contributed by atoms with E-state index in [0.29, 0.717) is 18.6 Å². The maximum Gasteiger partial charge on any atom is 0.137 e. The number of anilines is 1.